The molecule has 2 rings (SSSR count). The smallest absolute Gasteiger partial charge is 0.0277 e. The zero-order valence-electron chi connectivity index (χ0n) is 13.5. The Morgan fingerprint density at radius 2 is 1.79 bits per heavy atom. The summed E-state index contributed by atoms with van der Waals surface area (Å²) in [6.45, 7) is 14.7. The molecule has 19 heavy (non-hydrogen) atoms. The number of likely N-dealkylation sites (tertiary alicyclic amines) is 1. The second-order valence-corrected chi connectivity index (χ2v) is 7.52. The van der Waals surface area contributed by atoms with Crippen LogP contribution in [0.2, 0.25) is 0 Å². The second-order valence-electron chi connectivity index (χ2n) is 7.52. The highest BCUT2D eigenvalue weighted by atomic mass is 15.2. The van der Waals surface area contributed by atoms with Crippen molar-refractivity contribution in [2.75, 3.05) is 46.3 Å². The fraction of sp³-hybridized carbons (Fsp3) is 1.00. The van der Waals surface area contributed by atoms with E-state index in [-0.39, 0.29) is 0 Å². The fourth-order valence-electron chi connectivity index (χ4n) is 3.55. The van der Waals surface area contributed by atoms with Gasteiger partial charge < -0.3 is 15.1 Å². The summed E-state index contributed by atoms with van der Waals surface area (Å²) < 4.78 is 0. The molecule has 2 heterocycles. The lowest BCUT2D eigenvalue weighted by atomic mass is 9.79. The van der Waals surface area contributed by atoms with Gasteiger partial charge in [-0.05, 0) is 71.2 Å². The van der Waals surface area contributed by atoms with E-state index in [4.69, 9.17) is 0 Å². The van der Waals surface area contributed by atoms with Crippen LogP contribution in [-0.4, -0.2) is 61.7 Å². The van der Waals surface area contributed by atoms with Gasteiger partial charge in [-0.3, -0.25) is 0 Å². The van der Waals surface area contributed by atoms with Crippen LogP contribution in [0.15, 0.2) is 0 Å². The summed E-state index contributed by atoms with van der Waals surface area (Å²) in [5.41, 5.74) is 0.851. The maximum absolute atomic E-state index is 3.74. The molecular formula is C16H33N3. The van der Waals surface area contributed by atoms with Crippen LogP contribution in [0.1, 0.15) is 46.5 Å². The van der Waals surface area contributed by atoms with Gasteiger partial charge in [0, 0.05) is 18.6 Å². The van der Waals surface area contributed by atoms with E-state index in [1.807, 2.05) is 0 Å². The number of hydrogen-bond acceptors (Lipinski definition) is 3. The third-order valence-corrected chi connectivity index (χ3v) is 5.36. The first kappa shape index (κ1) is 15.3. The van der Waals surface area contributed by atoms with Crippen LogP contribution in [0.4, 0.5) is 0 Å². The van der Waals surface area contributed by atoms with Crippen molar-refractivity contribution >= 4 is 0 Å². The molecular weight excluding hydrogens is 234 g/mol. The zero-order chi connectivity index (χ0) is 13.9. The Balaban J connectivity index is 1.93. The molecule has 0 amide bonds. The minimum absolute atomic E-state index is 0.318. The molecule has 2 aliphatic heterocycles. The van der Waals surface area contributed by atoms with Crippen LogP contribution in [0.5, 0.6) is 0 Å². The summed E-state index contributed by atoms with van der Waals surface area (Å²) in [6, 6.07) is 0. The van der Waals surface area contributed by atoms with Gasteiger partial charge >= 0.3 is 0 Å². The molecule has 2 saturated heterocycles. The van der Waals surface area contributed by atoms with Gasteiger partial charge in [0.25, 0.3) is 0 Å². The molecule has 1 atom stereocenters. The molecule has 0 bridgehead atoms. The van der Waals surface area contributed by atoms with Gasteiger partial charge in [0.15, 0.2) is 0 Å². The summed E-state index contributed by atoms with van der Waals surface area (Å²) in [5, 5.41) is 3.74. The van der Waals surface area contributed by atoms with Gasteiger partial charge in [0.2, 0.25) is 0 Å². The topological polar surface area (TPSA) is 18.5 Å². The largest absolute Gasteiger partial charge is 0.310 e. The van der Waals surface area contributed by atoms with Gasteiger partial charge in [-0.25, -0.2) is 0 Å². The molecule has 0 radical (unpaired) electrons. The Bertz CT molecular complexity index is 284. The Hall–Kier alpha value is -0.120. The first-order chi connectivity index (χ1) is 8.95. The third kappa shape index (κ3) is 4.17. The average molecular weight is 267 g/mol. The predicted octanol–water partition coefficient (Wildman–Crippen LogP) is 2.18. The quantitative estimate of drug-likeness (QED) is 0.845. The number of hydrogen-bond donors (Lipinski definition) is 1. The summed E-state index contributed by atoms with van der Waals surface area (Å²) in [7, 11) is 2.25. The molecule has 0 spiro atoms. The maximum atomic E-state index is 3.74. The van der Waals surface area contributed by atoms with Crippen LogP contribution >= 0.6 is 0 Å². The standard InChI is InChI=1S/C16H33N3/c1-5-16(3)14-19(10-6-9-17-16)13-15(2)7-11-18(4)12-8-15/h17H,5-14H2,1-4H3. The van der Waals surface area contributed by atoms with Crippen LogP contribution < -0.4 is 5.32 Å². The molecule has 2 aliphatic rings. The van der Waals surface area contributed by atoms with Gasteiger partial charge in [0.1, 0.15) is 0 Å². The first-order valence-corrected chi connectivity index (χ1v) is 8.11. The highest BCUT2D eigenvalue weighted by Gasteiger charge is 2.34. The van der Waals surface area contributed by atoms with E-state index in [0.29, 0.717) is 11.0 Å². The lowest BCUT2D eigenvalue weighted by molar-refractivity contribution is 0.0779. The Labute approximate surface area is 119 Å². The van der Waals surface area contributed by atoms with Crippen LogP contribution in [0, 0.1) is 5.41 Å². The van der Waals surface area contributed by atoms with Crippen LogP contribution in [0.3, 0.4) is 0 Å². The molecule has 3 nitrogen and oxygen atoms in total. The van der Waals surface area contributed by atoms with E-state index < -0.39 is 0 Å². The number of rotatable bonds is 3. The summed E-state index contributed by atoms with van der Waals surface area (Å²) in [4.78, 5) is 5.21. The van der Waals surface area contributed by atoms with Gasteiger partial charge in [-0.1, -0.05) is 13.8 Å². The summed E-state index contributed by atoms with van der Waals surface area (Å²) >= 11 is 0. The van der Waals surface area contributed by atoms with Crippen LogP contribution in [-0.2, 0) is 0 Å². The molecule has 112 valence electrons. The van der Waals surface area contributed by atoms with Crippen molar-refractivity contribution in [1.29, 1.82) is 0 Å². The lowest BCUT2D eigenvalue weighted by Crippen LogP contribution is -2.51. The molecule has 1 unspecified atom stereocenters. The number of nitrogens with zero attached hydrogens (tertiary/aromatic N) is 2. The van der Waals surface area contributed by atoms with Gasteiger partial charge in [0.05, 0.1) is 0 Å². The van der Waals surface area contributed by atoms with Crippen molar-refractivity contribution in [2.24, 2.45) is 5.41 Å². The Kier molecular flexibility index (Phi) is 4.91. The van der Waals surface area contributed by atoms with E-state index in [1.165, 1.54) is 65.0 Å². The van der Waals surface area contributed by atoms with E-state index >= 15 is 0 Å². The highest BCUT2D eigenvalue weighted by Crippen LogP contribution is 2.32. The number of nitrogens with one attached hydrogen (secondary N) is 1. The minimum Gasteiger partial charge on any atom is -0.310 e. The molecule has 0 saturated carbocycles. The van der Waals surface area contributed by atoms with Gasteiger partial charge in [-0.15, -0.1) is 0 Å². The van der Waals surface area contributed by atoms with Crippen molar-refractivity contribution in [3.8, 4) is 0 Å². The SMILES string of the molecule is CCC1(C)CN(CC2(C)CCN(C)CC2)CCCN1. The van der Waals surface area contributed by atoms with Crippen molar-refractivity contribution in [2.45, 2.75) is 52.0 Å². The van der Waals surface area contributed by atoms with Crippen molar-refractivity contribution in [1.82, 2.24) is 15.1 Å². The Morgan fingerprint density at radius 1 is 1.11 bits per heavy atom. The van der Waals surface area contributed by atoms with Crippen molar-refractivity contribution in [3.63, 3.8) is 0 Å². The monoisotopic (exact) mass is 267 g/mol. The molecule has 0 aromatic rings. The van der Waals surface area contributed by atoms with E-state index in [0.717, 1.165) is 0 Å². The van der Waals surface area contributed by atoms with E-state index in [1.54, 1.807) is 0 Å². The molecule has 0 aliphatic carbocycles. The highest BCUT2D eigenvalue weighted by molar-refractivity contribution is 4.91. The normalized spacial score (nSPS) is 34.1. The lowest BCUT2D eigenvalue weighted by Gasteiger charge is -2.42. The van der Waals surface area contributed by atoms with Gasteiger partial charge in [-0.2, -0.15) is 0 Å². The van der Waals surface area contributed by atoms with Crippen molar-refractivity contribution in [3.05, 3.63) is 0 Å². The Morgan fingerprint density at radius 3 is 2.42 bits per heavy atom. The maximum Gasteiger partial charge on any atom is 0.0277 e. The van der Waals surface area contributed by atoms with Crippen LogP contribution in [0.25, 0.3) is 0 Å². The zero-order valence-corrected chi connectivity index (χ0v) is 13.5. The third-order valence-electron chi connectivity index (χ3n) is 5.36. The summed E-state index contributed by atoms with van der Waals surface area (Å²) in [5.74, 6) is 0. The predicted molar refractivity (Wildman–Crippen MR) is 82.6 cm³/mol. The second kappa shape index (κ2) is 6.11. The van der Waals surface area contributed by atoms with E-state index in [2.05, 4.69) is 42.9 Å². The molecule has 1 N–H and O–H groups in total. The number of piperidine rings is 1. The molecule has 0 aromatic carbocycles. The molecule has 2 fully saturated rings. The molecule has 0 aromatic heterocycles. The first-order valence-electron chi connectivity index (χ1n) is 8.11. The summed E-state index contributed by atoms with van der Waals surface area (Å²) in [6.07, 6.45) is 5.24. The van der Waals surface area contributed by atoms with Crippen molar-refractivity contribution < 1.29 is 0 Å². The minimum atomic E-state index is 0.318. The fourth-order valence-corrected chi connectivity index (χ4v) is 3.55. The average Bonchev–Trinajstić information content (AvgIpc) is 2.56. The van der Waals surface area contributed by atoms with E-state index in [9.17, 15) is 0 Å². The molecule has 3 heteroatoms.